The number of rotatable bonds is 5. The summed E-state index contributed by atoms with van der Waals surface area (Å²) in [5, 5.41) is 14.6. The highest BCUT2D eigenvalue weighted by Gasteiger charge is 2.13. The fourth-order valence-electron chi connectivity index (χ4n) is 2.51. The standard InChI is InChI=1S/C20H19Br2N5O/c1-12-8-18(26-23-11-13-4-6-15(7-5-13)27(2)3)25-20(24-12)16-9-14(21)10-17(22)19(16)28/h4-11,28H,1-3H3,(H,24,25,26)/b23-11+. The largest absolute Gasteiger partial charge is 0.506 e. The van der Waals surface area contributed by atoms with Crippen LogP contribution < -0.4 is 10.3 Å². The second-order valence-electron chi connectivity index (χ2n) is 6.36. The lowest BCUT2D eigenvalue weighted by molar-refractivity contribution is 0.473. The zero-order valence-electron chi connectivity index (χ0n) is 15.6. The Bertz CT molecular complexity index is 1020. The molecule has 0 amide bonds. The van der Waals surface area contributed by atoms with Crippen molar-refractivity contribution in [3.05, 3.63) is 62.7 Å². The Labute approximate surface area is 180 Å². The van der Waals surface area contributed by atoms with Crippen molar-refractivity contribution in [3.8, 4) is 17.1 Å². The first-order valence-corrected chi connectivity index (χ1v) is 10.0. The van der Waals surface area contributed by atoms with Gasteiger partial charge in [-0.25, -0.2) is 9.97 Å². The first kappa shape index (κ1) is 20.3. The maximum atomic E-state index is 10.3. The highest BCUT2D eigenvalue weighted by atomic mass is 79.9. The molecule has 0 saturated heterocycles. The van der Waals surface area contributed by atoms with Crippen molar-refractivity contribution >= 4 is 49.6 Å². The van der Waals surface area contributed by atoms with Gasteiger partial charge in [-0.2, -0.15) is 5.10 Å². The summed E-state index contributed by atoms with van der Waals surface area (Å²) >= 11 is 6.76. The lowest BCUT2D eigenvalue weighted by Gasteiger charge is -2.11. The topological polar surface area (TPSA) is 73.6 Å². The molecular weight excluding hydrogens is 486 g/mol. The van der Waals surface area contributed by atoms with Crippen LogP contribution in [0.5, 0.6) is 5.75 Å². The smallest absolute Gasteiger partial charge is 0.165 e. The van der Waals surface area contributed by atoms with Crippen LogP contribution in [0.15, 0.2) is 56.5 Å². The molecule has 0 radical (unpaired) electrons. The highest BCUT2D eigenvalue weighted by molar-refractivity contribution is 9.11. The third-order valence-electron chi connectivity index (χ3n) is 3.93. The fraction of sp³-hybridized carbons (Fsp3) is 0.150. The maximum Gasteiger partial charge on any atom is 0.165 e. The number of aryl methyl sites for hydroxylation is 1. The number of anilines is 2. The number of aromatic hydroxyl groups is 1. The summed E-state index contributed by atoms with van der Waals surface area (Å²) < 4.78 is 1.38. The molecule has 1 heterocycles. The van der Waals surface area contributed by atoms with Crippen molar-refractivity contribution in [2.24, 2.45) is 5.10 Å². The van der Waals surface area contributed by atoms with Gasteiger partial charge in [-0.05, 0) is 52.7 Å². The Morgan fingerprint density at radius 3 is 2.46 bits per heavy atom. The van der Waals surface area contributed by atoms with Crippen molar-refractivity contribution in [2.45, 2.75) is 6.92 Å². The van der Waals surface area contributed by atoms with Crippen LogP contribution >= 0.6 is 31.9 Å². The van der Waals surface area contributed by atoms with E-state index in [1.165, 1.54) is 0 Å². The van der Waals surface area contributed by atoms with Crippen LogP contribution in [0, 0.1) is 6.92 Å². The van der Waals surface area contributed by atoms with Crippen LogP contribution in [0.3, 0.4) is 0 Å². The summed E-state index contributed by atoms with van der Waals surface area (Å²) in [7, 11) is 4.00. The number of benzene rings is 2. The molecule has 0 saturated carbocycles. The van der Waals surface area contributed by atoms with Crippen LogP contribution in [0.1, 0.15) is 11.3 Å². The van der Waals surface area contributed by atoms with E-state index in [0.717, 1.165) is 21.4 Å². The van der Waals surface area contributed by atoms with Crippen LogP contribution in [-0.2, 0) is 0 Å². The third-order valence-corrected chi connectivity index (χ3v) is 4.99. The molecule has 2 N–H and O–H groups in total. The van der Waals surface area contributed by atoms with Gasteiger partial charge in [0.1, 0.15) is 5.75 Å². The summed E-state index contributed by atoms with van der Waals surface area (Å²) in [6.07, 6.45) is 1.73. The van der Waals surface area contributed by atoms with Crippen LogP contribution in [0.4, 0.5) is 11.5 Å². The average Bonchev–Trinajstić information content (AvgIpc) is 2.64. The predicted molar refractivity (Wildman–Crippen MR) is 121 cm³/mol. The number of nitrogens with one attached hydrogen (secondary N) is 1. The van der Waals surface area contributed by atoms with Gasteiger partial charge < -0.3 is 10.0 Å². The van der Waals surface area contributed by atoms with E-state index in [2.05, 4.69) is 52.4 Å². The number of halogens is 2. The minimum absolute atomic E-state index is 0.0873. The minimum atomic E-state index is 0.0873. The number of hydrazone groups is 1. The first-order valence-electron chi connectivity index (χ1n) is 8.44. The summed E-state index contributed by atoms with van der Waals surface area (Å²) in [5.41, 5.74) is 6.31. The normalized spacial score (nSPS) is 11.0. The number of phenolic OH excluding ortho intramolecular Hbond substituents is 1. The molecule has 0 spiro atoms. The third kappa shape index (κ3) is 4.88. The summed E-state index contributed by atoms with van der Waals surface area (Å²) in [6, 6.07) is 13.4. The summed E-state index contributed by atoms with van der Waals surface area (Å²) in [6.45, 7) is 1.87. The SMILES string of the molecule is Cc1cc(N/N=C/c2ccc(N(C)C)cc2)nc(-c2cc(Br)cc(Br)c2O)n1. The van der Waals surface area contributed by atoms with Gasteiger partial charge in [-0.3, -0.25) is 5.43 Å². The minimum Gasteiger partial charge on any atom is -0.506 e. The Morgan fingerprint density at radius 1 is 1.07 bits per heavy atom. The first-order chi connectivity index (χ1) is 13.3. The molecule has 1 aromatic heterocycles. The fourth-order valence-corrected chi connectivity index (χ4v) is 3.74. The number of hydrogen-bond acceptors (Lipinski definition) is 6. The molecular formula is C20H19Br2N5O. The second kappa shape index (κ2) is 8.70. The van der Waals surface area contributed by atoms with Crippen molar-refractivity contribution in [1.82, 2.24) is 9.97 Å². The van der Waals surface area contributed by atoms with E-state index in [1.54, 1.807) is 24.4 Å². The molecule has 0 aliphatic heterocycles. The molecule has 0 atom stereocenters. The average molecular weight is 505 g/mol. The van der Waals surface area contributed by atoms with Crippen LogP contribution in [-0.4, -0.2) is 35.4 Å². The monoisotopic (exact) mass is 503 g/mol. The molecule has 28 heavy (non-hydrogen) atoms. The highest BCUT2D eigenvalue weighted by Crippen LogP contribution is 2.37. The molecule has 144 valence electrons. The molecule has 8 heteroatoms. The van der Waals surface area contributed by atoms with Crippen molar-refractivity contribution in [1.29, 1.82) is 0 Å². The van der Waals surface area contributed by atoms with Gasteiger partial charge in [0.2, 0.25) is 0 Å². The molecule has 3 aromatic rings. The molecule has 0 unspecified atom stereocenters. The number of phenols is 1. The van der Waals surface area contributed by atoms with E-state index in [9.17, 15) is 5.11 Å². The summed E-state index contributed by atoms with van der Waals surface area (Å²) in [4.78, 5) is 10.9. The van der Waals surface area contributed by atoms with Crippen molar-refractivity contribution in [3.63, 3.8) is 0 Å². The molecule has 0 aliphatic carbocycles. The van der Waals surface area contributed by atoms with Gasteiger partial charge in [0.25, 0.3) is 0 Å². The van der Waals surface area contributed by atoms with E-state index >= 15 is 0 Å². The predicted octanol–water partition coefficient (Wildman–Crippen LogP) is 5.19. The Balaban J connectivity index is 1.82. The molecule has 3 rings (SSSR count). The Morgan fingerprint density at radius 2 is 1.79 bits per heavy atom. The maximum absolute atomic E-state index is 10.3. The molecule has 0 fully saturated rings. The van der Waals surface area contributed by atoms with E-state index in [4.69, 9.17) is 0 Å². The molecule has 0 aliphatic rings. The quantitative estimate of drug-likeness (QED) is 0.369. The van der Waals surface area contributed by atoms with E-state index in [0.29, 0.717) is 21.7 Å². The van der Waals surface area contributed by atoms with Gasteiger partial charge in [0.15, 0.2) is 11.6 Å². The molecule has 0 bridgehead atoms. The zero-order chi connectivity index (χ0) is 20.3. The van der Waals surface area contributed by atoms with Gasteiger partial charge >= 0.3 is 0 Å². The Kier molecular flexibility index (Phi) is 6.31. The Hall–Kier alpha value is -2.45. The summed E-state index contributed by atoms with van der Waals surface area (Å²) in [5.74, 6) is 1.04. The number of hydrogen-bond donors (Lipinski definition) is 2. The number of aromatic nitrogens is 2. The lowest BCUT2D eigenvalue weighted by atomic mass is 10.2. The van der Waals surface area contributed by atoms with Crippen LogP contribution in [0.25, 0.3) is 11.4 Å². The molecule has 2 aromatic carbocycles. The number of nitrogens with zero attached hydrogens (tertiary/aromatic N) is 4. The van der Waals surface area contributed by atoms with Crippen LogP contribution in [0.2, 0.25) is 0 Å². The van der Waals surface area contributed by atoms with E-state index < -0.39 is 0 Å². The van der Waals surface area contributed by atoms with E-state index in [-0.39, 0.29) is 5.75 Å². The van der Waals surface area contributed by atoms with Gasteiger partial charge in [-0.15, -0.1) is 0 Å². The molecule has 6 nitrogen and oxygen atoms in total. The van der Waals surface area contributed by atoms with Gasteiger partial charge in [-0.1, -0.05) is 28.1 Å². The lowest BCUT2D eigenvalue weighted by Crippen LogP contribution is -2.08. The van der Waals surface area contributed by atoms with E-state index in [1.807, 2.05) is 50.2 Å². The second-order valence-corrected chi connectivity index (χ2v) is 8.13. The van der Waals surface area contributed by atoms with Crippen molar-refractivity contribution < 1.29 is 5.11 Å². The zero-order valence-corrected chi connectivity index (χ0v) is 18.8. The van der Waals surface area contributed by atoms with Crippen molar-refractivity contribution in [2.75, 3.05) is 24.4 Å². The van der Waals surface area contributed by atoms with Gasteiger partial charge in [0, 0.05) is 36.0 Å². The van der Waals surface area contributed by atoms with Gasteiger partial charge in [0.05, 0.1) is 16.3 Å².